The highest BCUT2D eigenvalue weighted by Crippen LogP contribution is 2.26. The number of rotatable bonds is 3. The van der Waals surface area contributed by atoms with Gasteiger partial charge in [-0.2, -0.15) is 0 Å². The molecule has 0 aliphatic rings. The molecule has 0 fully saturated rings. The highest BCUT2D eigenvalue weighted by molar-refractivity contribution is 9.10. The Morgan fingerprint density at radius 1 is 1.11 bits per heavy atom. The van der Waals surface area contributed by atoms with Gasteiger partial charge >= 0.3 is 5.97 Å². The van der Waals surface area contributed by atoms with Crippen LogP contribution in [0.2, 0.25) is 0 Å². The van der Waals surface area contributed by atoms with Crippen LogP contribution in [-0.2, 0) is 0 Å². The van der Waals surface area contributed by atoms with E-state index in [2.05, 4.69) is 15.9 Å². The lowest BCUT2D eigenvalue weighted by atomic mass is 10.2. The van der Waals surface area contributed by atoms with Crippen LogP contribution in [0.25, 0.3) is 0 Å². The Hall–Kier alpha value is -1.81. The Morgan fingerprint density at radius 3 is 2.37 bits per heavy atom. The van der Waals surface area contributed by atoms with Crippen LogP contribution < -0.4 is 9.47 Å². The molecule has 0 amide bonds. The van der Waals surface area contributed by atoms with Crippen LogP contribution in [0.5, 0.6) is 11.5 Å². The highest BCUT2D eigenvalue weighted by Gasteiger charge is 2.10. The largest absolute Gasteiger partial charge is 0.497 e. The molecule has 3 nitrogen and oxygen atoms in total. The summed E-state index contributed by atoms with van der Waals surface area (Å²) in [4.78, 5) is 12.0. The van der Waals surface area contributed by atoms with Gasteiger partial charge in [0, 0.05) is 0 Å². The van der Waals surface area contributed by atoms with Gasteiger partial charge in [0.25, 0.3) is 0 Å². The number of hydrogen-bond donors (Lipinski definition) is 0. The van der Waals surface area contributed by atoms with Crippen molar-refractivity contribution in [3.63, 3.8) is 0 Å². The minimum Gasteiger partial charge on any atom is -0.497 e. The number of halogens is 1. The van der Waals surface area contributed by atoms with Gasteiger partial charge in [0.2, 0.25) is 0 Å². The van der Waals surface area contributed by atoms with Crippen LogP contribution in [0.4, 0.5) is 0 Å². The summed E-state index contributed by atoms with van der Waals surface area (Å²) in [7, 11) is 1.58. The first-order valence-electron chi connectivity index (χ1n) is 5.72. The van der Waals surface area contributed by atoms with E-state index in [-0.39, 0.29) is 0 Å². The molecule has 0 aliphatic carbocycles. The summed E-state index contributed by atoms with van der Waals surface area (Å²) >= 11 is 3.37. The Kier molecular flexibility index (Phi) is 4.22. The third kappa shape index (κ3) is 3.35. The van der Waals surface area contributed by atoms with Gasteiger partial charge in [0.15, 0.2) is 0 Å². The molecule has 2 aromatic rings. The average Bonchev–Trinajstić information content (AvgIpc) is 2.42. The van der Waals surface area contributed by atoms with Crippen LogP contribution in [0.15, 0.2) is 46.9 Å². The highest BCUT2D eigenvalue weighted by atomic mass is 79.9. The van der Waals surface area contributed by atoms with Crippen molar-refractivity contribution in [1.82, 2.24) is 0 Å². The van der Waals surface area contributed by atoms with Crippen molar-refractivity contribution < 1.29 is 14.3 Å². The molecule has 19 heavy (non-hydrogen) atoms. The second kappa shape index (κ2) is 5.89. The number of methoxy groups -OCH3 is 1. The summed E-state index contributed by atoms with van der Waals surface area (Å²) in [6, 6.07) is 12.3. The number of esters is 1. The van der Waals surface area contributed by atoms with Crippen molar-refractivity contribution in [1.29, 1.82) is 0 Å². The average molecular weight is 321 g/mol. The molecule has 0 bridgehead atoms. The van der Waals surface area contributed by atoms with Crippen LogP contribution in [-0.4, -0.2) is 13.1 Å². The first-order chi connectivity index (χ1) is 9.10. The van der Waals surface area contributed by atoms with E-state index >= 15 is 0 Å². The van der Waals surface area contributed by atoms with E-state index in [4.69, 9.17) is 9.47 Å². The Morgan fingerprint density at radius 2 is 1.79 bits per heavy atom. The van der Waals surface area contributed by atoms with E-state index in [0.29, 0.717) is 17.1 Å². The van der Waals surface area contributed by atoms with E-state index in [1.807, 2.05) is 19.1 Å². The Labute approximate surface area is 120 Å². The lowest BCUT2D eigenvalue weighted by Crippen LogP contribution is -2.08. The van der Waals surface area contributed by atoms with Crippen LogP contribution in [0.1, 0.15) is 15.9 Å². The summed E-state index contributed by atoms with van der Waals surface area (Å²) in [5.74, 6) is 0.812. The predicted molar refractivity (Wildman–Crippen MR) is 76.8 cm³/mol. The lowest BCUT2D eigenvalue weighted by molar-refractivity contribution is 0.0733. The topological polar surface area (TPSA) is 35.5 Å². The van der Waals surface area contributed by atoms with E-state index < -0.39 is 5.97 Å². The molecule has 0 aromatic heterocycles. The molecule has 4 heteroatoms. The molecule has 0 aliphatic heterocycles. The molecule has 0 N–H and O–H groups in total. The van der Waals surface area contributed by atoms with Gasteiger partial charge < -0.3 is 9.47 Å². The van der Waals surface area contributed by atoms with E-state index in [0.717, 1.165) is 10.0 Å². The Bertz CT molecular complexity index is 591. The van der Waals surface area contributed by atoms with Gasteiger partial charge in [-0.15, -0.1) is 0 Å². The molecular weight excluding hydrogens is 308 g/mol. The minimum absolute atomic E-state index is 0.396. The molecule has 0 radical (unpaired) electrons. The zero-order valence-electron chi connectivity index (χ0n) is 10.6. The van der Waals surface area contributed by atoms with E-state index in [1.165, 1.54) is 0 Å². The van der Waals surface area contributed by atoms with Crippen LogP contribution in [0.3, 0.4) is 0 Å². The third-order valence-corrected chi connectivity index (χ3v) is 3.24. The quantitative estimate of drug-likeness (QED) is 0.633. The number of ether oxygens (including phenoxy) is 2. The van der Waals surface area contributed by atoms with Crippen molar-refractivity contribution in [2.45, 2.75) is 6.92 Å². The number of carbonyl (C=O) groups excluding carboxylic acids is 1. The molecular formula is C15H13BrO3. The van der Waals surface area contributed by atoms with Gasteiger partial charge in [0.05, 0.1) is 17.1 Å². The van der Waals surface area contributed by atoms with Gasteiger partial charge in [-0.05, 0) is 64.8 Å². The zero-order chi connectivity index (χ0) is 13.8. The monoisotopic (exact) mass is 320 g/mol. The summed E-state index contributed by atoms with van der Waals surface area (Å²) in [6.07, 6.45) is 0. The molecule has 2 aromatic carbocycles. The fourth-order valence-electron chi connectivity index (χ4n) is 1.57. The van der Waals surface area contributed by atoms with Gasteiger partial charge in [-0.25, -0.2) is 4.79 Å². The normalized spacial score (nSPS) is 10.1. The lowest BCUT2D eigenvalue weighted by Gasteiger charge is -2.07. The van der Waals surface area contributed by atoms with E-state index in [9.17, 15) is 4.79 Å². The number of aryl methyl sites for hydroxylation is 1. The van der Waals surface area contributed by atoms with Gasteiger partial charge in [-0.3, -0.25) is 0 Å². The molecule has 0 heterocycles. The number of benzene rings is 2. The second-order valence-electron chi connectivity index (χ2n) is 4.05. The summed E-state index contributed by atoms with van der Waals surface area (Å²) < 4.78 is 11.1. The van der Waals surface area contributed by atoms with Crippen molar-refractivity contribution in [2.75, 3.05) is 7.11 Å². The first kappa shape index (κ1) is 13.6. The van der Waals surface area contributed by atoms with Crippen LogP contribution in [0, 0.1) is 6.92 Å². The molecule has 0 saturated carbocycles. The third-order valence-electron chi connectivity index (χ3n) is 2.62. The smallest absolute Gasteiger partial charge is 0.343 e. The SMILES string of the molecule is COc1ccc(C(=O)Oc2ccc(C)cc2Br)cc1. The van der Waals surface area contributed by atoms with Crippen molar-refractivity contribution in [3.8, 4) is 11.5 Å². The van der Waals surface area contributed by atoms with Crippen LogP contribution >= 0.6 is 15.9 Å². The van der Waals surface area contributed by atoms with Gasteiger partial charge in [0.1, 0.15) is 11.5 Å². The maximum absolute atomic E-state index is 12.0. The van der Waals surface area contributed by atoms with Crippen molar-refractivity contribution in [2.24, 2.45) is 0 Å². The maximum Gasteiger partial charge on any atom is 0.343 e. The van der Waals surface area contributed by atoms with Gasteiger partial charge in [-0.1, -0.05) is 6.07 Å². The fourth-order valence-corrected chi connectivity index (χ4v) is 2.15. The molecule has 98 valence electrons. The molecule has 0 unspecified atom stereocenters. The van der Waals surface area contributed by atoms with Crippen molar-refractivity contribution in [3.05, 3.63) is 58.1 Å². The zero-order valence-corrected chi connectivity index (χ0v) is 12.2. The van der Waals surface area contributed by atoms with Crippen molar-refractivity contribution >= 4 is 21.9 Å². The standard InChI is InChI=1S/C15H13BrO3/c1-10-3-8-14(13(16)9-10)19-15(17)11-4-6-12(18-2)7-5-11/h3-9H,1-2H3. The molecule has 0 saturated heterocycles. The fraction of sp³-hybridized carbons (Fsp3) is 0.133. The number of carbonyl (C=O) groups is 1. The minimum atomic E-state index is -0.396. The summed E-state index contributed by atoms with van der Waals surface area (Å²) in [5, 5.41) is 0. The van der Waals surface area contributed by atoms with E-state index in [1.54, 1.807) is 37.4 Å². The molecule has 2 rings (SSSR count). The molecule has 0 atom stereocenters. The molecule has 0 spiro atoms. The second-order valence-corrected chi connectivity index (χ2v) is 4.91. The predicted octanol–water partition coefficient (Wildman–Crippen LogP) is 3.99. The summed E-state index contributed by atoms with van der Waals surface area (Å²) in [5.41, 5.74) is 1.57. The number of hydrogen-bond acceptors (Lipinski definition) is 3. The first-order valence-corrected chi connectivity index (χ1v) is 6.52. The summed E-state index contributed by atoms with van der Waals surface area (Å²) in [6.45, 7) is 1.97. The maximum atomic E-state index is 12.0. The Balaban J connectivity index is 2.15.